The summed E-state index contributed by atoms with van der Waals surface area (Å²) in [7, 11) is 3.55. The molecule has 31 heavy (non-hydrogen) atoms. The molecule has 1 aromatic carbocycles. The SMILES string of the molecule is CN=C(NCCCOCC1CCOCC1)NCC(c1cccc(OC)c1)N1CCCC1. The van der Waals surface area contributed by atoms with Crippen molar-refractivity contribution < 1.29 is 14.2 Å². The molecule has 2 saturated heterocycles. The Morgan fingerprint density at radius 3 is 2.77 bits per heavy atom. The number of methoxy groups -OCH3 is 1. The van der Waals surface area contributed by atoms with E-state index >= 15 is 0 Å². The van der Waals surface area contributed by atoms with Crippen molar-refractivity contribution in [2.75, 3.05) is 66.8 Å². The summed E-state index contributed by atoms with van der Waals surface area (Å²) < 4.78 is 16.7. The molecular formula is C24H40N4O3. The molecule has 2 heterocycles. The topological polar surface area (TPSA) is 67.4 Å². The lowest BCUT2D eigenvalue weighted by molar-refractivity contribution is 0.0203. The summed E-state index contributed by atoms with van der Waals surface area (Å²) in [5, 5.41) is 6.95. The monoisotopic (exact) mass is 432 g/mol. The van der Waals surface area contributed by atoms with Gasteiger partial charge in [0.1, 0.15) is 5.75 Å². The summed E-state index contributed by atoms with van der Waals surface area (Å²) >= 11 is 0. The highest BCUT2D eigenvalue weighted by molar-refractivity contribution is 5.79. The fraction of sp³-hybridized carbons (Fsp3) is 0.708. The highest BCUT2D eigenvalue weighted by Gasteiger charge is 2.24. The number of ether oxygens (including phenoxy) is 3. The fourth-order valence-corrected chi connectivity index (χ4v) is 4.32. The number of hydrogen-bond acceptors (Lipinski definition) is 5. The maximum Gasteiger partial charge on any atom is 0.191 e. The van der Waals surface area contributed by atoms with E-state index in [1.807, 2.05) is 13.1 Å². The highest BCUT2D eigenvalue weighted by Crippen LogP contribution is 2.27. The third-order valence-electron chi connectivity index (χ3n) is 6.20. The first-order valence-corrected chi connectivity index (χ1v) is 11.8. The Hall–Kier alpha value is -1.83. The van der Waals surface area contributed by atoms with Gasteiger partial charge in [0.05, 0.1) is 13.2 Å². The van der Waals surface area contributed by atoms with Crippen LogP contribution in [0.3, 0.4) is 0 Å². The van der Waals surface area contributed by atoms with Gasteiger partial charge in [-0.1, -0.05) is 12.1 Å². The van der Waals surface area contributed by atoms with Crippen molar-refractivity contribution in [2.24, 2.45) is 10.9 Å². The second-order valence-corrected chi connectivity index (χ2v) is 8.40. The van der Waals surface area contributed by atoms with Crippen LogP contribution in [0, 0.1) is 5.92 Å². The Labute approximate surface area is 187 Å². The zero-order valence-electron chi connectivity index (χ0n) is 19.3. The fourth-order valence-electron chi connectivity index (χ4n) is 4.32. The molecule has 2 N–H and O–H groups in total. The van der Waals surface area contributed by atoms with Crippen LogP contribution in [0.5, 0.6) is 5.75 Å². The first-order chi connectivity index (χ1) is 15.3. The van der Waals surface area contributed by atoms with E-state index in [0.717, 1.165) is 83.6 Å². The average molecular weight is 433 g/mol. The molecule has 1 atom stereocenters. The van der Waals surface area contributed by atoms with Crippen molar-refractivity contribution >= 4 is 5.96 Å². The van der Waals surface area contributed by atoms with Crippen molar-refractivity contribution in [3.05, 3.63) is 29.8 Å². The molecule has 7 nitrogen and oxygen atoms in total. The standard InChI is InChI=1S/C24H40N4O3/c1-25-24(26-11-6-14-31-19-20-9-15-30-16-10-20)27-18-23(28-12-3-4-13-28)21-7-5-8-22(17-21)29-2/h5,7-8,17,20,23H,3-4,6,9-16,18-19H2,1-2H3,(H2,25,26,27). The lowest BCUT2D eigenvalue weighted by Crippen LogP contribution is -2.43. The number of guanidine groups is 1. The third kappa shape index (κ3) is 7.98. The summed E-state index contributed by atoms with van der Waals surface area (Å²) in [4.78, 5) is 6.96. The Kier molecular flexibility index (Phi) is 10.4. The molecule has 0 spiro atoms. The third-order valence-corrected chi connectivity index (χ3v) is 6.20. The van der Waals surface area contributed by atoms with Crippen LogP contribution in [0.2, 0.25) is 0 Å². The minimum absolute atomic E-state index is 0.305. The molecule has 0 amide bonds. The van der Waals surface area contributed by atoms with E-state index in [1.165, 1.54) is 18.4 Å². The molecular weight excluding hydrogens is 392 g/mol. The first kappa shape index (κ1) is 23.8. The van der Waals surface area contributed by atoms with E-state index in [0.29, 0.717) is 12.0 Å². The summed E-state index contributed by atoms with van der Waals surface area (Å²) in [6.45, 7) is 7.33. The number of nitrogens with one attached hydrogen (secondary N) is 2. The summed E-state index contributed by atoms with van der Waals surface area (Å²) in [6, 6.07) is 8.72. The van der Waals surface area contributed by atoms with Gasteiger partial charge in [0.2, 0.25) is 0 Å². The number of likely N-dealkylation sites (tertiary alicyclic amines) is 1. The molecule has 0 bridgehead atoms. The van der Waals surface area contributed by atoms with E-state index in [9.17, 15) is 0 Å². The van der Waals surface area contributed by atoms with Crippen molar-refractivity contribution in [1.29, 1.82) is 0 Å². The quantitative estimate of drug-likeness (QED) is 0.318. The molecule has 7 heteroatoms. The van der Waals surface area contributed by atoms with Crippen molar-refractivity contribution in [1.82, 2.24) is 15.5 Å². The van der Waals surface area contributed by atoms with E-state index in [4.69, 9.17) is 14.2 Å². The second-order valence-electron chi connectivity index (χ2n) is 8.40. The van der Waals surface area contributed by atoms with E-state index in [2.05, 4.69) is 38.7 Å². The number of rotatable bonds is 11. The zero-order valence-corrected chi connectivity index (χ0v) is 19.3. The van der Waals surface area contributed by atoms with Crippen molar-refractivity contribution in [3.8, 4) is 5.75 Å². The molecule has 0 saturated carbocycles. The number of benzene rings is 1. The highest BCUT2D eigenvalue weighted by atomic mass is 16.5. The first-order valence-electron chi connectivity index (χ1n) is 11.8. The molecule has 3 rings (SSSR count). The van der Waals surface area contributed by atoms with Gasteiger partial charge in [0.25, 0.3) is 0 Å². The van der Waals surface area contributed by atoms with Crippen LogP contribution in [-0.4, -0.2) is 77.6 Å². The molecule has 0 radical (unpaired) electrons. The molecule has 0 aromatic heterocycles. The van der Waals surface area contributed by atoms with Crippen molar-refractivity contribution in [3.63, 3.8) is 0 Å². The van der Waals surface area contributed by atoms with Gasteiger partial charge < -0.3 is 24.8 Å². The van der Waals surface area contributed by atoms with Crippen molar-refractivity contribution in [2.45, 2.75) is 38.1 Å². The second kappa shape index (κ2) is 13.6. The Bertz CT molecular complexity index is 658. The summed E-state index contributed by atoms with van der Waals surface area (Å²) in [5.41, 5.74) is 1.28. The van der Waals surface area contributed by atoms with Crippen LogP contribution in [0.1, 0.15) is 43.7 Å². The van der Waals surface area contributed by atoms with Gasteiger partial charge in [0, 0.05) is 46.6 Å². The van der Waals surface area contributed by atoms with Crippen LogP contribution < -0.4 is 15.4 Å². The minimum atomic E-state index is 0.305. The number of nitrogens with zero attached hydrogens (tertiary/aromatic N) is 2. The lowest BCUT2D eigenvalue weighted by Gasteiger charge is -2.29. The molecule has 1 unspecified atom stereocenters. The smallest absolute Gasteiger partial charge is 0.191 e. The van der Waals surface area contributed by atoms with Crippen LogP contribution >= 0.6 is 0 Å². The van der Waals surface area contributed by atoms with Gasteiger partial charge in [0.15, 0.2) is 5.96 Å². The molecule has 2 aliphatic rings. The molecule has 1 aromatic rings. The number of hydrogen-bond donors (Lipinski definition) is 2. The average Bonchev–Trinajstić information content (AvgIpc) is 3.35. The molecule has 0 aliphatic carbocycles. The predicted molar refractivity (Wildman–Crippen MR) is 125 cm³/mol. The predicted octanol–water partition coefficient (Wildman–Crippen LogP) is 2.83. The van der Waals surface area contributed by atoms with Gasteiger partial charge in [-0.25, -0.2) is 0 Å². The largest absolute Gasteiger partial charge is 0.497 e. The summed E-state index contributed by atoms with van der Waals surface area (Å²) in [5.74, 6) is 2.41. The van der Waals surface area contributed by atoms with E-state index < -0.39 is 0 Å². The number of aliphatic imine (C=N–C) groups is 1. The van der Waals surface area contributed by atoms with Gasteiger partial charge in [-0.05, 0) is 68.8 Å². The van der Waals surface area contributed by atoms with Gasteiger partial charge in [-0.3, -0.25) is 9.89 Å². The Morgan fingerprint density at radius 2 is 2.03 bits per heavy atom. The maximum atomic E-state index is 5.86. The van der Waals surface area contributed by atoms with Crippen LogP contribution in [-0.2, 0) is 9.47 Å². The van der Waals surface area contributed by atoms with E-state index in [1.54, 1.807) is 7.11 Å². The van der Waals surface area contributed by atoms with Gasteiger partial charge in [-0.15, -0.1) is 0 Å². The Morgan fingerprint density at radius 1 is 1.23 bits per heavy atom. The normalized spacial score (nSPS) is 19.4. The Balaban J connectivity index is 1.40. The van der Waals surface area contributed by atoms with E-state index in [-0.39, 0.29) is 0 Å². The molecule has 174 valence electrons. The van der Waals surface area contributed by atoms with Crippen LogP contribution in [0.4, 0.5) is 0 Å². The summed E-state index contributed by atoms with van der Waals surface area (Å²) in [6.07, 6.45) is 5.75. The maximum absolute atomic E-state index is 5.86. The minimum Gasteiger partial charge on any atom is -0.497 e. The van der Waals surface area contributed by atoms with Crippen LogP contribution in [0.15, 0.2) is 29.3 Å². The molecule has 2 fully saturated rings. The van der Waals surface area contributed by atoms with Crippen LogP contribution in [0.25, 0.3) is 0 Å². The van der Waals surface area contributed by atoms with Gasteiger partial charge >= 0.3 is 0 Å². The zero-order chi connectivity index (χ0) is 21.7. The van der Waals surface area contributed by atoms with Gasteiger partial charge in [-0.2, -0.15) is 0 Å². The molecule has 2 aliphatic heterocycles. The lowest BCUT2D eigenvalue weighted by atomic mass is 10.0.